The number of fused-ring (bicyclic) bond motifs is 20. The number of alkyl halides is 32. The summed E-state index contributed by atoms with van der Waals surface area (Å²) in [6.45, 7) is -4.50. The van der Waals surface area contributed by atoms with Crippen LogP contribution in [0.2, 0.25) is 0 Å². The summed E-state index contributed by atoms with van der Waals surface area (Å²) >= 11 is 0. The van der Waals surface area contributed by atoms with Crippen molar-refractivity contribution in [3.05, 3.63) is 91.0 Å². The highest BCUT2D eigenvalue weighted by Gasteiger charge is 2.79. The van der Waals surface area contributed by atoms with Crippen LogP contribution >= 0.6 is 0 Å². The van der Waals surface area contributed by atoms with E-state index in [1.807, 2.05) is 0 Å². The summed E-state index contributed by atoms with van der Waals surface area (Å²) in [4.78, 5) is 20.5. The van der Waals surface area contributed by atoms with Gasteiger partial charge in [0.05, 0.1) is 54.9 Å². The standard InChI is InChI=1S/C56H26F40N8/c1-41(2,65)17-19(43(5,67)49(73,74)75)27(59)11-9(25(17)57)33-97-34-10-12(28(60)20(44(6,68)50(76,77)78)18(26(10)58)42(3,4)66)36(99-34)101-38-14-16(32(64)24(48(72,55(91,92)93)56(94,95)96)22(30(14)62)46(8,70)52(82,83)84)40(103-38)104-39-15-13(37(102-39)100-35(11)98-33)29(61)21(45(7,69)51(79,80)81)23(31(15)63)47(71,53(85,86)87)54(88,89)90/h1-8H3,(H2,97,98,99,100,101,102,103,104)/t43-,44+,45-,46+. The number of halogens is 40. The van der Waals surface area contributed by atoms with Gasteiger partial charge in [-0.15, -0.1) is 0 Å². The molecule has 0 radical (unpaired) electrons. The molecule has 2 aliphatic heterocycles. The molecular weight excluding hydrogens is 1540 g/mol. The Morgan fingerprint density at radius 3 is 0.587 bits per heavy atom. The number of hydrogen-bond acceptors (Lipinski definition) is 6. The van der Waals surface area contributed by atoms with Gasteiger partial charge in [-0.3, -0.25) is 0 Å². The average Bonchev–Trinajstić information content (AvgIpc) is 1.68. The highest BCUT2D eigenvalue weighted by atomic mass is 19.5. The molecule has 2 N–H and O–H groups in total. The molecule has 2 aliphatic rings. The van der Waals surface area contributed by atoms with Crippen molar-refractivity contribution in [1.29, 1.82) is 0 Å². The number of aromatic amines is 2. The van der Waals surface area contributed by atoms with Crippen LogP contribution in [0.4, 0.5) is 176 Å². The van der Waals surface area contributed by atoms with Gasteiger partial charge in [-0.05, 0) is 55.4 Å². The molecule has 0 fully saturated rings. The Morgan fingerprint density at radius 1 is 0.202 bits per heavy atom. The zero-order valence-electron chi connectivity index (χ0n) is 50.8. The molecule has 570 valence electrons. The molecule has 3 aromatic heterocycles. The zero-order valence-corrected chi connectivity index (χ0v) is 50.8. The fourth-order valence-electron chi connectivity index (χ4n) is 11.4. The zero-order chi connectivity index (χ0) is 80.1. The maximum absolute atomic E-state index is 17.7. The lowest BCUT2D eigenvalue weighted by Gasteiger charge is -2.36. The first-order valence-electron chi connectivity index (χ1n) is 27.2. The smallest absolute Gasteiger partial charge is 0.324 e. The van der Waals surface area contributed by atoms with Crippen LogP contribution in [0.5, 0.6) is 0 Å². The van der Waals surface area contributed by atoms with Crippen molar-refractivity contribution in [2.45, 2.75) is 150 Å². The van der Waals surface area contributed by atoms with Gasteiger partial charge in [-0.2, -0.15) is 105 Å². The molecule has 8 bridgehead atoms. The Balaban J connectivity index is 1.80. The van der Waals surface area contributed by atoms with Crippen LogP contribution in [0, 0.1) is 46.5 Å². The largest absolute Gasteiger partial charge is 0.436 e. The highest BCUT2D eigenvalue weighted by Crippen LogP contribution is 2.64. The first-order valence-corrected chi connectivity index (χ1v) is 27.2. The minimum atomic E-state index is -8.21. The summed E-state index contributed by atoms with van der Waals surface area (Å²) < 4.78 is 629. The van der Waals surface area contributed by atoms with Gasteiger partial charge in [0.15, 0.2) is 23.3 Å². The molecule has 4 aromatic carbocycles. The van der Waals surface area contributed by atoms with Gasteiger partial charge in [0.25, 0.3) is 0 Å². The van der Waals surface area contributed by atoms with Crippen molar-refractivity contribution >= 4 is 44.1 Å². The molecule has 0 spiro atoms. The summed E-state index contributed by atoms with van der Waals surface area (Å²) in [7, 11) is 0. The Bertz CT molecular complexity index is 4970. The predicted molar refractivity (Wildman–Crippen MR) is 272 cm³/mol. The Morgan fingerprint density at radius 2 is 0.365 bits per heavy atom. The van der Waals surface area contributed by atoms with E-state index in [4.69, 9.17) is 0 Å². The van der Waals surface area contributed by atoms with Gasteiger partial charge in [0.1, 0.15) is 80.5 Å². The summed E-state index contributed by atoms with van der Waals surface area (Å²) in [6.07, 6.45) is -61.1. The maximum atomic E-state index is 17.7. The minimum absolute atomic E-state index is 0.0538. The Hall–Kier alpha value is -8.56. The molecule has 0 saturated heterocycles. The normalized spacial score (nSPS) is 16.8. The van der Waals surface area contributed by atoms with Crippen molar-refractivity contribution in [3.63, 3.8) is 0 Å². The molecule has 5 heterocycles. The number of rotatable bonds is 8. The summed E-state index contributed by atoms with van der Waals surface area (Å²) in [5.74, 6) is -40.2. The molecule has 4 atom stereocenters. The van der Waals surface area contributed by atoms with E-state index in [2.05, 4.69) is 29.9 Å². The lowest BCUT2D eigenvalue weighted by atomic mass is 9.79. The van der Waals surface area contributed by atoms with Gasteiger partial charge in [0, 0.05) is 33.4 Å². The highest BCUT2D eigenvalue weighted by molar-refractivity contribution is 6.08. The van der Waals surface area contributed by atoms with Gasteiger partial charge in [-0.25, -0.2) is 100 Å². The molecule has 0 amide bonds. The molecule has 104 heavy (non-hydrogen) atoms. The van der Waals surface area contributed by atoms with Crippen molar-refractivity contribution in [2.24, 2.45) is 0 Å². The molecule has 0 saturated carbocycles. The van der Waals surface area contributed by atoms with E-state index in [9.17, 15) is 105 Å². The Labute approximate surface area is 545 Å². The van der Waals surface area contributed by atoms with Crippen molar-refractivity contribution in [1.82, 2.24) is 39.9 Å². The van der Waals surface area contributed by atoms with Crippen LogP contribution in [0.25, 0.3) is 89.7 Å². The van der Waals surface area contributed by atoms with E-state index in [0.29, 0.717) is 0 Å². The van der Waals surface area contributed by atoms with Gasteiger partial charge in [-0.1, -0.05) is 0 Å². The van der Waals surface area contributed by atoms with Gasteiger partial charge in [0.2, 0.25) is 22.7 Å². The van der Waals surface area contributed by atoms with Crippen LogP contribution in [-0.4, -0.2) is 89.3 Å². The topological polar surface area (TPSA) is 109 Å². The number of nitrogens with one attached hydrogen (secondary N) is 2. The monoisotopic (exact) mass is 1570 g/mol. The predicted octanol–water partition coefficient (Wildman–Crippen LogP) is 22.0. The van der Waals surface area contributed by atoms with E-state index in [1.165, 1.54) is 4.98 Å². The van der Waals surface area contributed by atoms with Crippen molar-refractivity contribution < 1.29 is 176 Å². The molecule has 48 heteroatoms. The number of hydrogen-bond donors (Lipinski definition) is 2. The van der Waals surface area contributed by atoms with Crippen LogP contribution in [0.15, 0.2) is 0 Å². The third kappa shape index (κ3) is 10.8. The second-order valence-corrected chi connectivity index (χ2v) is 24.4. The van der Waals surface area contributed by atoms with Crippen LogP contribution in [-0.2, 0) is 45.4 Å². The molecule has 0 aliphatic carbocycles. The summed E-state index contributed by atoms with van der Waals surface area (Å²) in [5.41, 5.74) is -99.9. The maximum Gasteiger partial charge on any atom is 0.436 e. The lowest BCUT2D eigenvalue weighted by molar-refractivity contribution is -0.351. The minimum Gasteiger partial charge on any atom is -0.324 e. The van der Waals surface area contributed by atoms with Crippen molar-refractivity contribution in [3.8, 4) is 45.6 Å². The second-order valence-electron chi connectivity index (χ2n) is 24.4. The van der Waals surface area contributed by atoms with E-state index >= 15 is 70.2 Å². The van der Waals surface area contributed by atoms with Crippen molar-refractivity contribution in [2.75, 3.05) is 0 Å². The first-order chi connectivity index (χ1) is 46.1. The van der Waals surface area contributed by atoms with Crippen LogP contribution < -0.4 is 0 Å². The number of H-pyrrole nitrogens is 2. The Kier molecular flexibility index (Phi) is 17.2. The molecule has 9 rings (SSSR count). The fourth-order valence-corrected chi connectivity index (χ4v) is 11.4. The fraction of sp³-hybridized carbons (Fsp3) is 0.429. The first kappa shape index (κ1) is 79.6. The van der Waals surface area contributed by atoms with Gasteiger partial charge >= 0.3 is 60.7 Å². The van der Waals surface area contributed by atoms with E-state index in [-0.39, 0.29) is 27.7 Å². The summed E-state index contributed by atoms with van der Waals surface area (Å²) in [5, 5.41) is -11.3. The van der Waals surface area contributed by atoms with Gasteiger partial charge < -0.3 is 9.97 Å². The third-order valence-corrected chi connectivity index (χ3v) is 16.6. The quantitative estimate of drug-likeness (QED) is 0.147. The third-order valence-electron chi connectivity index (χ3n) is 16.6. The molecule has 7 aromatic rings. The van der Waals surface area contributed by atoms with E-state index in [0.717, 1.165) is 4.98 Å². The number of nitrogens with zero attached hydrogens (tertiary/aromatic N) is 6. The second kappa shape index (κ2) is 22.5. The molecular formula is C56H26F40N8. The summed E-state index contributed by atoms with van der Waals surface area (Å²) in [6, 6.07) is 0. The molecule has 0 unspecified atom stereocenters. The SMILES string of the molecule is CC(C)(F)c1c(F)c2c(c(F)c1[C@](C)(F)C(F)(F)F)-c1nc-2nc2[nH]c(nc3nc(nc4[nH]c(n1)c1c(F)c([C@](C)(F)C(F)(F)F)c(C(F)(C(F)(F)F)C(F)(F)F)c(F)c41)-c1c(F)c(C(F)(C(F)(F)F)C(F)(F)F)c([C@@](C)(F)C(F)(F)F)c(F)c1-3)c1c(F)c([C@@](C)(F)C(F)(F)F)c(C(C)(C)F)c(F)c21. The molecule has 8 nitrogen and oxygen atoms in total. The number of benzene rings is 4. The lowest BCUT2D eigenvalue weighted by Crippen LogP contribution is -2.53. The van der Waals surface area contributed by atoms with Crippen LogP contribution in [0.1, 0.15) is 99.9 Å². The van der Waals surface area contributed by atoms with E-state index < -0.39 is 303 Å². The number of aromatic nitrogens is 8. The van der Waals surface area contributed by atoms with Crippen LogP contribution in [0.3, 0.4) is 0 Å². The van der Waals surface area contributed by atoms with E-state index in [1.54, 1.807) is 0 Å². The average molecular weight is 1570 g/mol.